The van der Waals surface area contributed by atoms with Crippen LogP contribution in [0.2, 0.25) is 0 Å². The van der Waals surface area contributed by atoms with E-state index >= 15 is 0 Å². The fraction of sp³-hybridized carbons (Fsp3) is 0.360. The van der Waals surface area contributed by atoms with Gasteiger partial charge >= 0.3 is 17.9 Å². The highest BCUT2D eigenvalue weighted by Gasteiger charge is 2.46. The van der Waals surface area contributed by atoms with Crippen molar-refractivity contribution in [2.45, 2.75) is 53.5 Å². The first kappa shape index (κ1) is 28.7. The third-order valence-electron chi connectivity index (χ3n) is 5.22. The zero-order valence-electron chi connectivity index (χ0n) is 20.5. The Balaban J connectivity index is 1.78. The Labute approximate surface area is 223 Å². The van der Waals surface area contributed by atoms with Crippen LogP contribution in [-0.2, 0) is 38.4 Å². The fourth-order valence-corrected chi connectivity index (χ4v) is 7.06. The fourth-order valence-electron chi connectivity index (χ4n) is 3.65. The van der Waals surface area contributed by atoms with Gasteiger partial charge in [-0.05, 0) is 48.5 Å². The molecule has 1 unspecified atom stereocenters. The Morgan fingerprint density at radius 2 is 1.27 bits per heavy atom. The van der Waals surface area contributed by atoms with E-state index in [-0.39, 0.29) is 15.3 Å². The first-order valence-electron chi connectivity index (χ1n) is 11.1. The summed E-state index contributed by atoms with van der Waals surface area (Å²) in [4.78, 5) is 48.9. The van der Waals surface area contributed by atoms with Crippen LogP contribution < -0.4 is 0 Å². The summed E-state index contributed by atoms with van der Waals surface area (Å²) in [7, 11) is -3.36. The van der Waals surface area contributed by atoms with Gasteiger partial charge in [0, 0.05) is 48.8 Å². The average molecular weight is 567 g/mol. The van der Waals surface area contributed by atoms with Crippen molar-refractivity contribution in [2.75, 3.05) is 12.0 Å². The van der Waals surface area contributed by atoms with Gasteiger partial charge in [0.05, 0.1) is 9.48 Å². The van der Waals surface area contributed by atoms with Crippen LogP contribution in [-0.4, -0.2) is 67.0 Å². The largest absolute Gasteiger partial charge is 0.458 e. The van der Waals surface area contributed by atoms with Crippen molar-refractivity contribution < 1.29 is 41.8 Å². The quantitative estimate of drug-likeness (QED) is 0.265. The average Bonchev–Trinajstić information content (AvgIpc) is 2.81. The topological polar surface area (TPSA) is 130 Å². The second-order valence-electron chi connectivity index (χ2n) is 8.27. The van der Waals surface area contributed by atoms with E-state index in [1.54, 1.807) is 24.3 Å². The third kappa shape index (κ3) is 7.83. The summed E-state index contributed by atoms with van der Waals surface area (Å²) in [5.41, 5.74) is 0.767. The van der Waals surface area contributed by atoms with Crippen molar-refractivity contribution >= 4 is 57.1 Å². The summed E-state index contributed by atoms with van der Waals surface area (Å²) in [5, 5.41) is 0. The number of sulfone groups is 1. The van der Waals surface area contributed by atoms with Crippen molar-refractivity contribution in [3.05, 3.63) is 59.7 Å². The SMILES string of the molecule is CC(=O)O[C@H]1[C@H](OC(C)=O)CSC(Sc2ccc(C(=O)c3ccc(S(C)(=O)=O)cc3)cc2)[C@@H]1OC(C)=O. The van der Waals surface area contributed by atoms with E-state index in [2.05, 4.69) is 0 Å². The Kier molecular flexibility index (Phi) is 9.43. The molecule has 1 heterocycles. The van der Waals surface area contributed by atoms with Crippen molar-refractivity contribution in [3.8, 4) is 0 Å². The second-order valence-corrected chi connectivity index (χ2v) is 13.0. The molecule has 37 heavy (non-hydrogen) atoms. The number of carbonyl (C=O) groups excluding carboxylic acids is 4. The summed E-state index contributed by atoms with van der Waals surface area (Å²) in [5.74, 6) is -1.64. The van der Waals surface area contributed by atoms with Crippen molar-refractivity contribution in [1.82, 2.24) is 0 Å². The number of carbonyl (C=O) groups is 4. The van der Waals surface area contributed by atoms with Crippen LogP contribution in [0, 0.1) is 0 Å². The van der Waals surface area contributed by atoms with E-state index < -0.39 is 46.1 Å². The van der Waals surface area contributed by atoms with Crippen LogP contribution in [0.15, 0.2) is 58.3 Å². The Bertz CT molecular complexity index is 1270. The molecule has 9 nitrogen and oxygen atoms in total. The molecule has 2 aromatic carbocycles. The van der Waals surface area contributed by atoms with Gasteiger partial charge in [-0.1, -0.05) is 0 Å². The minimum absolute atomic E-state index is 0.131. The van der Waals surface area contributed by atoms with Gasteiger partial charge in [-0.25, -0.2) is 8.42 Å². The number of hydrogen-bond donors (Lipinski definition) is 0. The normalized spacial score (nSPS) is 21.5. The number of rotatable bonds is 8. The predicted molar refractivity (Wildman–Crippen MR) is 138 cm³/mol. The van der Waals surface area contributed by atoms with Gasteiger partial charge in [-0.15, -0.1) is 23.5 Å². The molecule has 4 atom stereocenters. The molecule has 2 aromatic rings. The third-order valence-corrected chi connectivity index (χ3v) is 9.21. The first-order valence-corrected chi connectivity index (χ1v) is 14.9. The molecular weight excluding hydrogens is 540 g/mol. The summed E-state index contributed by atoms with van der Waals surface area (Å²) in [6, 6.07) is 12.5. The maximum atomic E-state index is 12.8. The highest BCUT2D eigenvalue weighted by molar-refractivity contribution is 8.17. The van der Waals surface area contributed by atoms with E-state index in [9.17, 15) is 27.6 Å². The minimum atomic E-state index is -3.36. The molecule has 1 fully saturated rings. The molecule has 0 bridgehead atoms. The summed E-state index contributed by atoms with van der Waals surface area (Å²) < 4.78 is 39.1. The van der Waals surface area contributed by atoms with Gasteiger partial charge < -0.3 is 14.2 Å². The van der Waals surface area contributed by atoms with Crippen LogP contribution in [0.25, 0.3) is 0 Å². The van der Waals surface area contributed by atoms with Crippen LogP contribution >= 0.6 is 23.5 Å². The number of ketones is 1. The molecule has 12 heteroatoms. The highest BCUT2D eigenvalue weighted by Crippen LogP contribution is 2.41. The molecular formula is C25H26O9S3. The van der Waals surface area contributed by atoms with Crippen LogP contribution in [0.1, 0.15) is 36.7 Å². The molecule has 1 aliphatic rings. The Morgan fingerprint density at radius 1 is 0.784 bits per heavy atom. The summed E-state index contributed by atoms with van der Waals surface area (Å²) in [6.07, 6.45) is -1.53. The first-order chi connectivity index (χ1) is 17.3. The van der Waals surface area contributed by atoms with Gasteiger partial charge in [-0.2, -0.15) is 0 Å². The van der Waals surface area contributed by atoms with Gasteiger partial charge in [0.2, 0.25) is 0 Å². The number of ether oxygens (including phenoxy) is 3. The molecule has 0 saturated carbocycles. The minimum Gasteiger partial charge on any atom is -0.458 e. The van der Waals surface area contributed by atoms with Gasteiger partial charge in [0.1, 0.15) is 0 Å². The van der Waals surface area contributed by atoms with Crippen LogP contribution in [0.3, 0.4) is 0 Å². The molecule has 3 rings (SSSR count). The second kappa shape index (κ2) is 12.1. The number of hydrogen-bond acceptors (Lipinski definition) is 11. The van der Waals surface area contributed by atoms with Crippen molar-refractivity contribution in [3.63, 3.8) is 0 Å². The monoisotopic (exact) mass is 566 g/mol. The van der Waals surface area contributed by atoms with Crippen LogP contribution in [0.4, 0.5) is 0 Å². The molecule has 0 radical (unpaired) electrons. The molecule has 0 spiro atoms. The molecule has 198 valence electrons. The molecule has 0 N–H and O–H groups in total. The Morgan fingerprint density at radius 3 is 1.76 bits per heavy atom. The molecule has 1 saturated heterocycles. The van der Waals surface area contributed by atoms with Gasteiger partial charge in [-0.3, -0.25) is 19.2 Å². The lowest BCUT2D eigenvalue weighted by Crippen LogP contribution is -2.53. The summed E-state index contributed by atoms with van der Waals surface area (Å²) >= 11 is 2.76. The van der Waals surface area contributed by atoms with Crippen LogP contribution in [0.5, 0.6) is 0 Å². The highest BCUT2D eigenvalue weighted by atomic mass is 32.2. The maximum Gasteiger partial charge on any atom is 0.303 e. The molecule has 0 aliphatic carbocycles. The summed E-state index contributed by atoms with van der Waals surface area (Å²) in [6.45, 7) is 3.72. The lowest BCUT2D eigenvalue weighted by molar-refractivity contribution is -0.180. The zero-order chi connectivity index (χ0) is 27.3. The standard InChI is InChI=1S/C25H26O9S3/c1-14(26)32-21-13-35-25(24(34-16(3)28)23(21)33-15(2)27)36-19-9-5-17(6-10-19)22(29)18-7-11-20(12-8-18)37(4,30)31/h5-12,21,23-25H,13H2,1-4H3/t21-,23+,24-,25?/m1/s1. The van der Waals surface area contributed by atoms with E-state index in [1.807, 2.05) is 0 Å². The zero-order valence-corrected chi connectivity index (χ0v) is 23.0. The number of benzene rings is 2. The van der Waals surface area contributed by atoms with Crippen molar-refractivity contribution in [2.24, 2.45) is 0 Å². The number of esters is 3. The van der Waals surface area contributed by atoms with Gasteiger partial charge in [0.25, 0.3) is 0 Å². The van der Waals surface area contributed by atoms with E-state index in [0.29, 0.717) is 16.9 Å². The van der Waals surface area contributed by atoms with E-state index in [1.165, 1.54) is 68.6 Å². The lowest BCUT2D eigenvalue weighted by Gasteiger charge is -2.39. The van der Waals surface area contributed by atoms with E-state index in [4.69, 9.17) is 14.2 Å². The van der Waals surface area contributed by atoms with Gasteiger partial charge in [0.15, 0.2) is 33.9 Å². The van der Waals surface area contributed by atoms with Crippen molar-refractivity contribution in [1.29, 1.82) is 0 Å². The maximum absolute atomic E-state index is 12.8. The van der Waals surface area contributed by atoms with E-state index in [0.717, 1.165) is 11.2 Å². The lowest BCUT2D eigenvalue weighted by atomic mass is 10.0. The Hall–Kier alpha value is -2.83. The molecule has 1 aliphatic heterocycles. The number of thioether (sulfide) groups is 2. The molecule has 0 aromatic heterocycles. The smallest absolute Gasteiger partial charge is 0.303 e. The predicted octanol–water partition coefficient (Wildman–Crippen LogP) is 3.28. The molecule has 0 amide bonds.